The van der Waals surface area contributed by atoms with Crippen molar-refractivity contribution in [2.75, 3.05) is 32.8 Å². The topological polar surface area (TPSA) is 70.6 Å². The Bertz CT molecular complexity index is 222. The van der Waals surface area contributed by atoms with Gasteiger partial charge in [0.2, 0.25) is 5.91 Å². The normalized spacial score (nSPS) is 32.6. The minimum atomic E-state index is -0.840. The smallest absolute Gasteiger partial charge is 0.225 e. The van der Waals surface area contributed by atoms with Gasteiger partial charge in [0.15, 0.2) is 0 Å². The van der Waals surface area contributed by atoms with Gasteiger partial charge in [-0.15, -0.1) is 0 Å². The van der Waals surface area contributed by atoms with Crippen LogP contribution in [-0.4, -0.2) is 49.5 Å². The van der Waals surface area contributed by atoms with Gasteiger partial charge in [-0.1, -0.05) is 0 Å². The van der Waals surface area contributed by atoms with Crippen LogP contribution >= 0.6 is 0 Å². The summed E-state index contributed by atoms with van der Waals surface area (Å²) in [5.74, 6) is 0.116. The molecule has 0 saturated carbocycles. The third-order valence-electron chi connectivity index (χ3n) is 2.83. The summed E-state index contributed by atoms with van der Waals surface area (Å²) in [7, 11) is 0. The minimum Gasteiger partial charge on any atom is -0.386 e. The maximum atomic E-state index is 11.4. The van der Waals surface area contributed by atoms with Crippen LogP contribution in [0.5, 0.6) is 0 Å². The molecule has 2 heterocycles. The molecule has 1 unspecified atom stereocenters. The van der Waals surface area contributed by atoms with Crippen LogP contribution in [0.3, 0.4) is 0 Å². The molecule has 2 aliphatic rings. The van der Waals surface area contributed by atoms with E-state index >= 15 is 0 Å². The highest BCUT2D eigenvalue weighted by molar-refractivity contribution is 5.80. The van der Waals surface area contributed by atoms with Crippen LogP contribution in [-0.2, 0) is 9.53 Å². The van der Waals surface area contributed by atoms with Gasteiger partial charge in [-0.3, -0.25) is 4.79 Å². The number of aliphatic hydroxyl groups is 1. The van der Waals surface area contributed by atoms with E-state index in [0.29, 0.717) is 26.2 Å². The first-order chi connectivity index (χ1) is 6.70. The lowest BCUT2D eigenvalue weighted by atomic mass is 10.0. The molecule has 5 nitrogen and oxygen atoms in total. The van der Waals surface area contributed by atoms with Crippen LogP contribution in [0.2, 0.25) is 0 Å². The number of carbonyl (C=O) groups excluding carboxylic acids is 1. The first-order valence-corrected chi connectivity index (χ1v) is 4.98. The molecule has 5 heteroatoms. The van der Waals surface area contributed by atoms with E-state index in [1.807, 2.05) is 0 Å². The second kappa shape index (κ2) is 3.84. The van der Waals surface area contributed by atoms with Crippen molar-refractivity contribution < 1.29 is 14.6 Å². The van der Waals surface area contributed by atoms with Crippen molar-refractivity contribution in [3.63, 3.8) is 0 Å². The largest absolute Gasteiger partial charge is 0.386 e. The van der Waals surface area contributed by atoms with Crippen LogP contribution in [0.25, 0.3) is 0 Å². The molecule has 0 spiro atoms. The highest BCUT2D eigenvalue weighted by Gasteiger charge is 2.34. The van der Waals surface area contributed by atoms with E-state index in [2.05, 4.69) is 10.6 Å². The molecule has 14 heavy (non-hydrogen) atoms. The highest BCUT2D eigenvalue weighted by atomic mass is 16.5. The summed E-state index contributed by atoms with van der Waals surface area (Å²) >= 11 is 0. The Morgan fingerprint density at radius 1 is 1.64 bits per heavy atom. The van der Waals surface area contributed by atoms with Gasteiger partial charge in [0.05, 0.1) is 12.5 Å². The SMILES string of the molecule is O=C(NCC1(O)CCOC1)C1CNC1. The molecule has 2 rings (SSSR count). The van der Waals surface area contributed by atoms with Crippen molar-refractivity contribution in [3.8, 4) is 0 Å². The maximum absolute atomic E-state index is 11.4. The minimum absolute atomic E-state index is 0.0316. The Hall–Kier alpha value is -0.650. The fraction of sp³-hybridized carbons (Fsp3) is 0.889. The molecule has 2 aliphatic heterocycles. The van der Waals surface area contributed by atoms with E-state index in [1.54, 1.807) is 0 Å². The standard InChI is InChI=1S/C9H16N2O3/c12-8(7-3-10-4-7)11-5-9(13)1-2-14-6-9/h7,10,13H,1-6H2,(H,11,12). The van der Waals surface area contributed by atoms with Crippen LogP contribution in [0, 0.1) is 5.92 Å². The summed E-state index contributed by atoms with van der Waals surface area (Å²) in [6.45, 7) is 2.72. The Kier molecular flexibility index (Phi) is 2.71. The van der Waals surface area contributed by atoms with Crippen molar-refractivity contribution >= 4 is 5.91 Å². The van der Waals surface area contributed by atoms with Crippen molar-refractivity contribution in [2.45, 2.75) is 12.0 Å². The predicted molar refractivity (Wildman–Crippen MR) is 49.8 cm³/mol. The molecule has 0 aliphatic carbocycles. The average Bonchev–Trinajstić information content (AvgIpc) is 2.47. The number of hydrogen-bond acceptors (Lipinski definition) is 4. The molecule has 0 aromatic heterocycles. The number of nitrogens with one attached hydrogen (secondary N) is 2. The molecule has 0 aromatic rings. The monoisotopic (exact) mass is 200 g/mol. The van der Waals surface area contributed by atoms with Crippen LogP contribution in [0.15, 0.2) is 0 Å². The van der Waals surface area contributed by atoms with Crippen LogP contribution in [0.1, 0.15) is 6.42 Å². The fourth-order valence-electron chi connectivity index (χ4n) is 1.61. The first kappa shape index (κ1) is 9.89. The van der Waals surface area contributed by atoms with Gasteiger partial charge in [0.1, 0.15) is 5.60 Å². The van der Waals surface area contributed by atoms with Crippen molar-refractivity contribution in [2.24, 2.45) is 5.92 Å². The Balaban J connectivity index is 1.72. The Morgan fingerprint density at radius 2 is 2.43 bits per heavy atom. The van der Waals surface area contributed by atoms with E-state index in [4.69, 9.17) is 4.74 Å². The summed E-state index contributed by atoms with van der Waals surface area (Å²) in [4.78, 5) is 11.4. The van der Waals surface area contributed by atoms with Gasteiger partial charge in [-0.25, -0.2) is 0 Å². The first-order valence-electron chi connectivity index (χ1n) is 4.98. The third-order valence-corrected chi connectivity index (χ3v) is 2.83. The second-order valence-electron chi connectivity index (χ2n) is 4.10. The van der Waals surface area contributed by atoms with E-state index in [1.165, 1.54) is 0 Å². The maximum Gasteiger partial charge on any atom is 0.225 e. The third kappa shape index (κ3) is 2.05. The fourth-order valence-corrected chi connectivity index (χ4v) is 1.61. The van der Waals surface area contributed by atoms with Gasteiger partial charge in [-0.2, -0.15) is 0 Å². The number of ether oxygens (including phenoxy) is 1. The summed E-state index contributed by atoms with van der Waals surface area (Å²) < 4.78 is 5.08. The summed E-state index contributed by atoms with van der Waals surface area (Å²) in [6.07, 6.45) is 0.607. The molecule has 1 atom stereocenters. The van der Waals surface area contributed by atoms with Crippen LogP contribution < -0.4 is 10.6 Å². The van der Waals surface area contributed by atoms with E-state index in [0.717, 1.165) is 13.1 Å². The highest BCUT2D eigenvalue weighted by Crippen LogP contribution is 2.17. The quantitative estimate of drug-likeness (QED) is 0.517. The zero-order valence-electron chi connectivity index (χ0n) is 8.08. The number of amides is 1. The molecular formula is C9H16N2O3. The predicted octanol–water partition coefficient (Wildman–Crippen LogP) is -1.53. The number of hydrogen-bond donors (Lipinski definition) is 3. The second-order valence-corrected chi connectivity index (χ2v) is 4.10. The molecule has 2 saturated heterocycles. The Labute approximate surface area is 82.8 Å². The van der Waals surface area contributed by atoms with E-state index < -0.39 is 5.60 Å². The van der Waals surface area contributed by atoms with E-state index in [-0.39, 0.29) is 11.8 Å². The van der Waals surface area contributed by atoms with Crippen molar-refractivity contribution in [3.05, 3.63) is 0 Å². The average molecular weight is 200 g/mol. The lowest BCUT2D eigenvalue weighted by Crippen LogP contribution is -2.53. The van der Waals surface area contributed by atoms with Crippen molar-refractivity contribution in [1.82, 2.24) is 10.6 Å². The van der Waals surface area contributed by atoms with E-state index in [9.17, 15) is 9.90 Å². The molecule has 0 bridgehead atoms. The summed E-state index contributed by atoms with van der Waals surface area (Å²) in [6, 6.07) is 0. The molecule has 80 valence electrons. The zero-order chi connectivity index (χ0) is 10.0. The molecule has 1 amide bonds. The Morgan fingerprint density at radius 3 is 2.93 bits per heavy atom. The summed E-state index contributed by atoms with van der Waals surface area (Å²) in [5, 5.41) is 15.6. The lowest BCUT2D eigenvalue weighted by Gasteiger charge is -2.28. The van der Waals surface area contributed by atoms with Crippen molar-refractivity contribution in [1.29, 1.82) is 0 Å². The lowest BCUT2D eigenvalue weighted by molar-refractivity contribution is -0.127. The molecule has 0 aromatic carbocycles. The van der Waals surface area contributed by atoms with Crippen LogP contribution in [0.4, 0.5) is 0 Å². The molecule has 3 N–H and O–H groups in total. The molecule has 2 fully saturated rings. The summed E-state index contributed by atoms with van der Waals surface area (Å²) in [5.41, 5.74) is -0.840. The number of carbonyl (C=O) groups is 1. The van der Waals surface area contributed by atoms with Gasteiger partial charge < -0.3 is 20.5 Å². The van der Waals surface area contributed by atoms with Gasteiger partial charge in [-0.05, 0) is 0 Å². The van der Waals surface area contributed by atoms with Gasteiger partial charge in [0.25, 0.3) is 0 Å². The molecular weight excluding hydrogens is 184 g/mol. The zero-order valence-corrected chi connectivity index (χ0v) is 8.08. The number of rotatable bonds is 3. The van der Waals surface area contributed by atoms with Gasteiger partial charge in [0, 0.05) is 32.7 Å². The molecule has 0 radical (unpaired) electrons. The van der Waals surface area contributed by atoms with Gasteiger partial charge >= 0.3 is 0 Å².